The molecule has 406 valence electrons. The second-order valence-corrected chi connectivity index (χ2v) is 22.8. The highest BCUT2D eigenvalue weighted by Gasteiger charge is 2.23. The molecule has 0 aliphatic heterocycles. The van der Waals surface area contributed by atoms with Crippen molar-refractivity contribution in [1.29, 1.82) is 0 Å². The van der Waals surface area contributed by atoms with Gasteiger partial charge in [-0.05, 0) is 64.2 Å². The van der Waals surface area contributed by atoms with Crippen LogP contribution in [0.25, 0.3) is 0 Å². The van der Waals surface area contributed by atoms with Crippen molar-refractivity contribution < 1.29 is 32.9 Å². The lowest BCUT2D eigenvalue weighted by Gasteiger charge is -2.29. The van der Waals surface area contributed by atoms with Crippen LogP contribution in [0.1, 0.15) is 277 Å². The Balaban J connectivity index is 4.03. The molecule has 3 unspecified atom stereocenters. The maximum atomic E-state index is 12.9. The fourth-order valence-electron chi connectivity index (χ4n) is 8.61. The Labute approximate surface area is 429 Å². The van der Waals surface area contributed by atoms with Crippen LogP contribution < -0.4 is 10.2 Å². The lowest BCUT2D eigenvalue weighted by molar-refractivity contribution is -0.870. The third-order valence-electron chi connectivity index (χ3n) is 13.3. The van der Waals surface area contributed by atoms with Gasteiger partial charge in [-0.3, -0.25) is 9.36 Å². The minimum Gasteiger partial charge on any atom is -0.756 e. The van der Waals surface area contributed by atoms with Gasteiger partial charge in [-0.25, -0.2) is 0 Å². The molecule has 8 nitrogen and oxygen atoms in total. The predicted octanol–water partition coefficient (Wildman–Crippen LogP) is 17.3. The fourth-order valence-corrected chi connectivity index (χ4v) is 9.34. The molecule has 0 spiro atoms. The van der Waals surface area contributed by atoms with Gasteiger partial charge in [0.25, 0.3) is 7.82 Å². The van der Waals surface area contributed by atoms with E-state index in [1.165, 1.54) is 212 Å². The summed E-state index contributed by atoms with van der Waals surface area (Å²) in [5, 5.41) is 13.8. The average Bonchev–Trinajstić information content (AvgIpc) is 3.31. The first kappa shape index (κ1) is 67.5. The summed E-state index contributed by atoms with van der Waals surface area (Å²) in [6.45, 7) is 4.63. The Bertz CT molecular complexity index is 1260. The predicted molar refractivity (Wildman–Crippen MR) is 298 cm³/mol. The number of phosphoric acid groups is 1. The van der Waals surface area contributed by atoms with Crippen molar-refractivity contribution in [2.75, 3.05) is 40.9 Å². The lowest BCUT2D eigenvalue weighted by atomic mass is 10.0. The number of unbranched alkanes of at least 4 members (excludes halogenated alkanes) is 35. The van der Waals surface area contributed by atoms with Gasteiger partial charge < -0.3 is 28.8 Å². The van der Waals surface area contributed by atoms with Crippen LogP contribution in [0.2, 0.25) is 0 Å². The summed E-state index contributed by atoms with van der Waals surface area (Å²) in [6.07, 6.45) is 67.8. The van der Waals surface area contributed by atoms with Gasteiger partial charge in [0.05, 0.1) is 39.9 Å². The Kier molecular flexibility index (Phi) is 50.2. The number of hydrogen-bond donors (Lipinski definition) is 2. The monoisotopic (exact) mass is 991 g/mol. The van der Waals surface area contributed by atoms with E-state index in [2.05, 4.69) is 55.6 Å². The maximum Gasteiger partial charge on any atom is 0.268 e. The highest BCUT2D eigenvalue weighted by Crippen LogP contribution is 2.38. The van der Waals surface area contributed by atoms with Crippen LogP contribution in [0.15, 0.2) is 48.6 Å². The van der Waals surface area contributed by atoms with Crippen LogP contribution in [0.3, 0.4) is 0 Å². The molecule has 0 aliphatic carbocycles. The van der Waals surface area contributed by atoms with E-state index in [9.17, 15) is 19.4 Å². The number of aliphatic hydroxyl groups is 1. The molecule has 69 heavy (non-hydrogen) atoms. The molecule has 0 aromatic heterocycles. The summed E-state index contributed by atoms with van der Waals surface area (Å²) in [6, 6.07) is -0.902. The zero-order chi connectivity index (χ0) is 50.6. The highest BCUT2D eigenvalue weighted by molar-refractivity contribution is 7.45. The van der Waals surface area contributed by atoms with E-state index in [4.69, 9.17) is 9.05 Å². The van der Waals surface area contributed by atoms with Gasteiger partial charge >= 0.3 is 0 Å². The van der Waals surface area contributed by atoms with Crippen molar-refractivity contribution in [3.8, 4) is 0 Å². The number of allylic oxidation sites excluding steroid dienone is 7. The van der Waals surface area contributed by atoms with Gasteiger partial charge in [0, 0.05) is 6.42 Å². The number of carbonyl (C=O) groups excluding carboxylic acids is 1. The van der Waals surface area contributed by atoms with E-state index in [0.717, 1.165) is 44.9 Å². The minimum atomic E-state index is -4.60. The molecule has 1 amide bonds. The van der Waals surface area contributed by atoms with Crippen molar-refractivity contribution in [3.63, 3.8) is 0 Å². The van der Waals surface area contributed by atoms with Gasteiger partial charge in [0.1, 0.15) is 13.2 Å². The molecular weight excluding hydrogens is 876 g/mol. The third kappa shape index (κ3) is 54.1. The van der Waals surface area contributed by atoms with Crippen LogP contribution in [-0.4, -0.2) is 68.5 Å². The van der Waals surface area contributed by atoms with Crippen molar-refractivity contribution in [2.45, 2.75) is 289 Å². The van der Waals surface area contributed by atoms with Gasteiger partial charge in [-0.1, -0.05) is 255 Å². The number of aliphatic hydroxyl groups excluding tert-OH is 1. The Hall–Kier alpha value is -1.54. The van der Waals surface area contributed by atoms with Crippen molar-refractivity contribution in [2.24, 2.45) is 0 Å². The van der Waals surface area contributed by atoms with E-state index >= 15 is 0 Å². The topological polar surface area (TPSA) is 108 Å². The lowest BCUT2D eigenvalue weighted by Crippen LogP contribution is -2.45. The molecule has 0 heterocycles. The number of amides is 1. The molecule has 0 saturated carbocycles. The van der Waals surface area contributed by atoms with Crippen LogP contribution in [0.4, 0.5) is 0 Å². The van der Waals surface area contributed by atoms with E-state index < -0.39 is 26.6 Å². The molecule has 3 atom stereocenters. The van der Waals surface area contributed by atoms with Gasteiger partial charge in [-0.15, -0.1) is 0 Å². The number of hydrogen-bond acceptors (Lipinski definition) is 6. The summed E-state index contributed by atoms with van der Waals surface area (Å²) in [7, 11) is 1.25. The SMILES string of the molecule is CCCCCCC/C=C\C/C=C\CCCCCCCCCCCCCCCCCCCCCCCC(=O)NC(COP(=O)([O-])OCC[N+](C)(C)C)C(O)/C=C/CC/C=C/CCCCCCCCCC. The standard InChI is InChI=1S/C60H115N2O6P/c1-6-8-10-12-14-16-18-20-22-23-24-25-26-27-28-29-30-31-32-33-34-35-36-37-38-39-40-42-44-46-48-50-52-54-60(64)61-58(57-68-69(65,66)67-56-55-62(3,4)5)59(63)53-51-49-47-45-43-41-21-19-17-15-13-11-9-7-2/h18,20,23-24,43,45,51,53,58-59,63H,6-17,19,21-22,25-42,44,46-50,52,54-57H2,1-5H3,(H-,61,64,65,66)/b20-18-,24-23-,45-43+,53-51+. The van der Waals surface area contributed by atoms with Crippen molar-refractivity contribution in [3.05, 3.63) is 48.6 Å². The van der Waals surface area contributed by atoms with Gasteiger partial charge in [-0.2, -0.15) is 0 Å². The molecule has 0 aromatic carbocycles. The van der Waals surface area contributed by atoms with Crippen LogP contribution >= 0.6 is 7.82 Å². The molecule has 0 aliphatic rings. The average molecular weight is 992 g/mol. The zero-order valence-corrected chi connectivity index (χ0v) is 47.2. The molecular formula is C60H115N2O6P. The number of rotatable bonds is 54. The largest absolute Gasteiger partial charge is 0.756 e. The normalized spacial score (nSPS) is 14.2. The maximum absolute atomic E-state index is 12.9. The summed E-state index contributed by atoms with van der Waals surface area (Å²) >= 11 is 0. The smallest absolute Gasteiger partial charge is 0.268 e. The zero-order valence-electron chi connectivity index (χ0n) is 46.3. The Morgan fingerprint density at radius 3 is 1.26 bits per heavy atom. The first-order valence-electron chi connectivity index (χ1n) is 29.5. The fraction of sp³-hybridized carbons (Fsp3) is 0.850. The van der Waals surface area contributed by atoms with E-state index in [-0.39, 0.29) is 12.5 Å². The first-order valence-corrected chi connectivity index (χ1v) is 31.0. The van der Waals surface area contributed by atoms with E-state index in [0.29, 0.717) is 17.4 Å². The number of quaternary nitrogens is 1. The molecule has 0 radical (unpaired) electrons. The number of likely N-dealkylation sites (N-methyl/N-ethyl adjacent to an activating group) is 1. The molecule has 0 bridgehead atoms. The number of nitrogens with one attached hydrogen (secondary N) is 1. The minimum absolute atomic E-state index is 0.00566. The summed E-state index contributed by atoms with van der Waals surface area (Å²) < 4.78 is 23.3. The number of carbonyl (C=O) groups is 1. The molecule has 0 fully saturated rings. The first-order chi connectivity index (χ1) is 33.5. The summed E-state index contributed by atoms with van der Waals surface area (Å²) in [5.41, 5.74) is 0. The third-order valence-corrected chi connectivity index (χ3v) is 14.2. The van der Waals surface area contributed by atoms with Crippen LogP contribution in [0, 0.1) is 0 Å². The van der Waals surface area contributed by atoms with Gasteiger partial charge in [0.15, 0.2) is 0 Å². The Morgan fingerprint density at radius 2 is 0.855 bits per heavy atom. The van der Waals surface area contributed by atoms with Crippen molar-refractivity contribution >= 4 is 13.7 Å². The van der Waals surface area contributed by atoms with Crippen LogP contribution in [-0.2, 0) is 18.4 Å². The number of phosphoric ester groups is 1. The highest BCUT2D eigenvalue weighted by atomic mass is 31.2. The Morgan fingerprint density at radius 1 is 0.507 bits per heavy atom. The number of nitrogens with zero attached hydrogens (tertiary/aromatic N) is 1. The summed E-state index contributed by atoms with van der Waals surface area (Å²) in [4.78, 5) is 25.4. The van der Waals surface area contributed by atoms with Crippen LogP contribution in [0.5, 0.6) is 0 Å². The second kappa shape index (κ2) is 51.4. The van der Waals surface area contributed by atoms with E-state index in [1.807, 2.05) is 27.2 Å². The summed E-state index contributed by atoms with van der Waals surface area (Å²) in [5.74, 6) is -0.204. The van der Waals surface area contributed by atoms with E-state index in [1.54, 1.807) is 6.08 Å². The van der Waals surface area contributed by atoms with Gasteiger partial charge in [0.2, 0.25) is 5.91 Å². The second-order valence-electron chi connectivity index (χ2n) is 21.3. The quantitative estimate of drug-likeness (QED) is 0.0272. The molecule has 0 aromatic rings. The molecule has 0 saturated heterocycles. The molecule has 9 heteroatoms. The molecule has 2 N–H and O–H groups in total. The van der Waals surface area contributed by atoms with Crippen molar-refractivity contribution in [1.82, 2.24) is 5.32 Å². The molecule has 0 rings (SSSR count).